The van der Waals surface area contributed by atoms with Crippen LogP contribution in [0.25, 0.3) is 77.6 Å². The second kappa shape index (κ2) is 10.7. The molecule has 51 heavy (non-hydrogen) atoms. The predicted molar refractivity (Wildman–Crippen MR) is 211 cm³/mol. The van der Waals surface area contributed by atoms with Gasteiger partial charge in [-0.2, -0.15) is 0 Å². The fourth-order valence-corrected chi connectivity index (χ4v) is 9.56. The number of para-hydroxylation sites is 1. The quantitative estimate of drug-likeness (QED) is 0.183. The second-order valence-corrected chi connectivity index (χ2v) is 14.0. The van der Waals surface area contributed by atoms with E-state index in [0.717, 1.165) is 38.6 Å². The van der Waals surface area contributed by atoms with Crippen molar-refractivity contribution in [3.63, 3.8) is 0 Å². The molecule has 0 fully saturated rings. The molecule has 1 heterocycles. The van der Waals surface area contributed by atoms with Crippen LogP contribution < -0.4 is 0 Å². The number of benzene rings is 8. The SMILES string of the molecule is Clc1cc(-c2ccccc2-c2ccccc2-c2cccc3c2-c2ccccc2C32c3ccccc3-c3ccccc32)cc2oc3ccccc3c12. The van der Waals surface area contributed by atoms with Crippen molar-refractivity contribution in [1.29, 1.82) is 0 Å². The number of hydrogen-bond acceptors (Lipinski definition) is 1. The third-order valence-electron chi connectivity index (χ3n) is 11.2. The van der Waals surface area contributed by atoms with Gasteiger partial charge in [-0.05, 0) is 96.1 Å². The highest BCUT2D eigenvalue weighted by molar-refractivity contribution is 6.38. The molecule has 0 unspecified atom stereocenters. The van der Waals surface area contributed by atoms with Crippen LogP contribution in [0.1, 0.15) is 22.3 Å². The first-order chi connectivity index (χ1) is 25.2. The van der Waals surface area contributed by atoms with Gasteiger partial charge >= 0.3 is 0 Å². The van der Waals surface area contributed by atoms with Crippen LogP contribution in [-0.2, 0) is 5.41 Å². The molecule has 0 saturated carbocycles. The molecule has 0 bridgehead atoms. The number of fused-ring (bicyclic) bond motifs is 13. The van der Waals surface area contributed by atoms with E-state index in [9.17, 15) is 0 Å². The Morgan fingerprint density at radius 3 is 1.53 bits per heavy atom. The standard InChI is InChI=1S/C49H29ClO/c50-44-28-30(29-46-48(44)39-21-8-12-27-45(39)51-46)31-14-1-2-15-32(31)33-16-3-4-17-34(33)37-22-13-26-43-47(37)38-20-7-11-25-42(38)49(43)40-23-9-5-18-35(40)36-19-6-10-24-41(36)49/h1-29H. The van der Waals surface area contributed by atoms with Crippen LogP contribution in [0.15, 0.2) is 180 Å². The number of halogens is 1. The molecule has 11 rings (SSSR count). The lowest BCUT2D eigenvalue weighted by atomic mass is 9.70. The van der Waals surface area contributed by atoms with Crippen LogP contribution in [-0.4, -0.2) is 0 Å². The van der Waals surface area contributed by atoms with Crippen molar-refractivity contribution in [2.75, 3.05) is 0 Å². The molecule has 9 aromatic rings. The van der Waals surface area contributed by atoms with Gasteiger partial charge in [0.05, 0.1) is 10.4 Å². The van der Waals surface area contributed by atoms with E-state index >= 15 is 0 Å². The average molecular weight is 669 g/mol. The normalized spacial score (nSPS) is 13.4. The van der Waals surface area contributed by atoms with Crippen LogP contribution in [0.2, 0.25) is 5.02 Å². The lowest BCUT2D eigenvalue weighted by molar-refractivity contribution is 0.669. The smallest absolute Gasteiger partial charge is 0.137 e. The molecule has 1 nitrogen and oxygen atoms in total. The summed E-state index contributed by atoms with van der Waals surface area (Å²) in [6, 6.07) is 63.7. The van der Waals surface area contributed by atoms with Crippen molar-refractivity contribution in [2.24, 2.45) is 0 Å². The Labute approximate surface area is 301 Å². The van der Waals surface area contributed by atoms with Gasteiger partial charge in [-0.1, -0.05) is 169 Å². The molecular formula is C49H29ClO. The Morgan fingerprint density at radius 1 is 0.373 bits per heavy atom. The Kier molecular flexibility index (Phi) is 6.00. The first kappa shape index (κ1) is 28.7. The Bertz CT molecular complexity index is 2850. The van der Waals surface area contributed by atoms with Gasteiger partial charge in [0.2, 0.25) is 0 Å². The topological polar surface area (TPSA) is 13.1 Å². The van der Waals surface area contributed by atoms with Crippen molar-refractivity contribution in [3.05, 3.63) is 203 Å². The number of rotatable bonds is 3. The highest BCUT2D eigenvalue weighted by atomic mass is 35.5. The molecule has 0 atom stereocenters. The van der Waals surface area contributed by atoms with Crippen LogP contribution in [0.3, 0.4) is 0 Å². The van der Waals surface area contributed by atoms with Crippen molar-refractivity contribution < 1.29 is 4.42 Å². The first-order valence-corrected chi connectivity index (χ1v) is 17.8. The van der Waals surface area contributed by atoms with Crippen LogP contribution in [0.5, 0.6) is 0 Å². The van der Waals surface area contributed by atoms with E-state index in [1.54, 1.807) is 0 Å². The first-order valence-electron chi connectivity index (χ1n) is 17.5. The molecule has 0 N–H and O–H groups in total. The zero-order chi connectivity index (χ0) is 33.7. The minimum atomic E-state index is -0.388. The third-order valence-corrected chi connectivity index (χ3v) is 11.5. The molecule has 2 aliphatic carbocycles. The summed E-state index contributed by atoms with van der Waals surface area (Å²) >= 11 is 7.04. The summed E-state index contributed by atoms with van der Waals surface area (Å²) in [6.07, 6.45) is 0. The van der Waals surface area contributed by atoms with Crippen LogP contribution in [0.4, 0.5) is 0 Å². The summed E-state index contributed by atoms with van der Waals surface area (Å²) in [5.41, 5.74) is 18.7. The van der Waals surface area contributed by atoms with E-state index < -0.39 is 0 Å². The van der Waals surface area contributed by atoms with Crippen molar-refractivity contribution in [2.45, 2.75) is 5.41 Å². The molecule has 0 aliphatic heterocycles. The number of furan rings is 1. The van der Waals surface area contributed by atoms with Crippen molar-refractivity contribution in [1.82, 2.24) is 0 Å². The van der Waals surface area contributed by atoms with Gasteiger partial charge in [0.15, 0.2) is 0 Å². The van der Waals surface area contributed by atoms with E-state index in [-0.39, 0.29) is 5.41 Å². The summed E-state index contributed by atoms with van der Waals surface area (Å²) < 4.78 is 6.33. The fourth-order valence-electron chi connectivity index (χ4n) is 9.25. The van der Waals surface area contributed by atoms with Crippen molar-refractivity contribution in [3.8, 4) is 55.6 Å². The summed E-state index contributed by atoms with van der Waals surface area (Å²) in [5, 5.41) is 2.68. The maximum absolute atomic E-state index is 7.04. The Balaban J connectivity index is 1.16. The van der Waals surface area contributed by atoms with Gasteiger partial charge in [0.1, 0.15) is 11.2 Å². The lowest BCUT2D eigenvalue weighted by Gasteiger charge is -2.30. The molecule has 2 heteroatoms. The Morgan fingerprint density at radius 2 is 0.843 bits per heavy atom. The predicted octanol–water partition coefficient (Wildman–Crippen LogP) is 13.6. The van der Waals surface area contributed by atoms with Gasteiger partial charge in [0, 0.05) is 10.8 Å². The minimum absolute atomic E-state index is 0.388. The van der Waals surface area contributed by atoms with E-state index in [4.69, 9.17) is 16.0 Å². The maximum Gasteiger partial charge on any atom is 0.137 e. The summed E-state index contributed by atoms with van der Waals surface area (Å²) in [7, 11) is 0. The second-order valence-electron chi connectivity index (χ2n) is 13.6. The van der Waals surface area contributed by atoms with E-state index in [2.05, 4.69) is 158 Å². The van der Waals surface area contributed by atoms with Gasteiger partial charge in [-0.25, -0.2) is 0 Å². The van der Waals surface area contributed by atoms with E-state index in [1.807, 2.05) is 18.2 Å². The van der Waals surface area contributed by atoms with Crippen LogP contribution >= 0.6 is 11.6 Å². The molecule has 8 aromatic carbocycles. The third kappa shape index (κ3) is 3.82. The van der Waals surface area contributed by atoms with Gasteiger partial charge in [-0.15, -0.1) is 0 Å². The summed E-state index contributed by atoms with van der Waals surface area (Å²) in [4.78, 5) is 0. The van der Waals surface area contributed by atoms with Gasteiger partial charge in [-0.3, -0.25) is 0 Å². The molecular weight excluding hydrogens is 640 g/mol. The fraction of sp³-hybridized carbons (Fsp3) is 0.0204. The zero-order valence-electron chi connectivity index (χ0n) is 27.5. The maximum atomic E-state index is 7.04. The minimum Gasteiger partial charge on any atom is -0.456 e. The molecule has 0 radical (unpaired) electrons. The monoisotopic (exact) mass is 668 g/mol. The van der Waals surface area contributed by atoms with Crippen LogP contribution in [0, 0.1) is 0 Å². The summed E-state index contributed by atoms with van der Waals surface area (Å²) in [6.45, 7) is 0. The average Bonchev–Trinajstić information content (AvgIpc) is 3.82. The van der Waals surface area contributed by atoms with Gasteiger partial charge < -0.3 is 4.42 Å². The number of hydrogen-bond donors (Lipinski definition) is 0. The largest absolute Gasteiger partial charge is 0.456 e. The molecule has 1 spiro atoms. The summed E-state index contributed by atoms with van der Waals surface area (Å²) in [5.74, 6) is 0. The lowest BCUT2D eigenvalue weighted by Crippen LogP contribution is -2.25. The highest BCUT2D eigenvalue weighted by Gasteiger charge is 2.52. The molecule has 238 valence electrons. The molecule has 2 aliphatic rings. The van der Waals surface area contributed by atoms with E-state index in [1.165, 1.54) is 61.2 Å². The van der Waals surface area contributed by atoms with E-state index in [0.29, 0.717) is 5.02 Å². The highest BCUT2D eigenvalue weighted by Crippen LogP contribution is 2.64. The zero-order valence-corrected chi connectivity index (χ0v) is 28.3. The van der Waals surface area contributed by atoms with Crippen molar-refractivity contribution >= 4 is 33.5 Å². The Hall–Kier alpha value is -6.15. The molecule has 0 amide bonds. The molecule has 1 aromatic heterocycles. The van der Waals surface area contributed by atoms with Gasteiger partial charge in [0.25, 0.3) is 0 Å². The molecule has 0 saturated heterocycles.